The van der Waals surface area contributed by atoms with Crippen molar-refractivity contribution >= 4 is 46.4 Å². The molecule has 1 aliphatic heterocycles. The lowest BCUT2D eigenvalue weighted by Gasteiger charge is -2.18. The second kappa shape index (κ2) is 7.33. The fourth-order valence-corrected chi connectivity index (χ4v) is 3.06. The first kappa shape index (κ1) is 17.6. The number of nitrogens with zero attached hydrogens (tertiary/aromatic N) is 1. The fraction of sp³-hybridized carbons (Fsp3) is 0.222. The summed E-state index contributed by atoms with van der Waals surface area (Å²) in [6.07, 6.45) is 0.0505. The molecule has 2 aromatic carbocycles. The molecular weight excluding hydrogens is 363 g/mol. The summed E-state index contributed by atoms with van der Waals surface area (Å²) >= 11 is 12.1. The number of amides is 2. The van der Waals surface area contributed by atoms with Crippen LogP contribution in [0, 0.1) is 0 Å². The van der Waals surface area contributed by atoms with Gasteiger partial charge in [0.05, 0.1) is 28.8 Å². The van der Waals surface area contributed by atoms with Gasteiger partial charge in [-0.1, -0.05) is 29.3 Å². The molecule has 7 heteroatoms. The summed E-state index contributed by atoms with van der Waals surface area (Å²) in [6.45, 7) is 2.49. The maximum absolute atomic E-state index is 12.7. The van der Waals surface area contributed by atoms with Gasteiger partial charge in [-0.25, -0.2) is 4.90 Å². The van der Waals surface area contributed by atoms with Gasteiger partial charge in [-0.3, -0.25) is 9.59 Å². The summed E-state index contributed by atoms with van der Waals surface area (Å²) in [4.78, 5) is 26.1. The second-order valence-electron chi connectivity index (χ2n) is 5.50. The lowest BCUT2D eigenvalue weighted by atomic mass is 10.2. The summed E-state index contributed by atoms with van der Waals surface area (Å²) in [5.41, 5.74) is 1.04. The molecule has 130 valence electrons. The molecule has 0 saturated carbocycles. The summed E-state index contributed by atoms with van der Waals surface area (Å²) in [6, 6.07) is 11.4. The van der Waals surface area contributed by atoms with Crippen LogP contribution >= 0.6 is 23.2 Å². The van der Waals surface area contributed by atoms with E-state index in [2.05, 4.69) is 5.32 Å². The Morgan fingerprint density at radius 1 is 1.16 bits per heavy atom. The summed E-state index contributed by atoms with van der Waals surface area (Å²) < 4.78 is 5.38. The van der Waals surface area contributed by atoms with E-state index in [0.717, 1.165) is 16.3 Å². The SMILES string of the molecule is CCOc1ccc(N[C@@H]2CC(=O)N(c3cccc(Cl)c3Cl)C2=O)cc1. The molecule has 1 aliphatic rings. The van der Waals surface area contributed by atoms with Crippen molar-refractivity contribution in [2.75, 3.05) is 16.8 Å². The number of benzene rings is 2. The Balaban J connectivity index is 1.78. The average Bonchev–Trinajstić information content (AvgIpc) is 2.86. The molecule has 1 saturated heterocycles. The first-order chi connectivity index (χ1) is 12.0. The zero-order valence-electron chi connectivity index (χ0n) is 13.5. The van der Waals surface area contributed by atoms with E-state index in [-0.39, 0.29) is 23.3 Å². The van der Waals surface area contributed by atoms with E-state index in [9.17, 15) is 9.59 Å². The third-order valence-electron chi connectivity index (χ3n) is 3.82. The van der Waals surface area contributed by atoms with E-state index in [1.807, 2.05) is 6.92 Å². The van der Waals surface area contributed by atoms with Crippen LogP contribution in [0.5, 0.6) is 5.75 Å². The van der Waals surface area contributed by atoms with Crippen LogP contribution in [0.2, 0.25) is 10.0 Å². The molecule has 2 amide bonds. The second-order valence-corrected chi connectivity index (χ2v) is 6.28. The standard InChI is InChI=1S/C18H16Cl2N2O3/c1-2-25-12-8-6-11(7-9-12)21-14-10-16(23)22(18(14)24)15-5-3-4-13(19)17(15)20/h3-9,14,21H,2,10H2,1H3/t14-/m1/s1. The first-order valence-electron chi connectivity index (χ1n) is 7.81. The normalized spacial score (nSPS) is 17.1. The highest BCUT2D eigenvalue weighted by atomic mass is 35.5. The third-order valence-corrected chi connectivity index (χ3v) is 4.63. The van der Waals surface area contributed by atoms with Gasteiger partial charge in [-0.15, -0.1) is 0 Å². The van der Waals surface area contributed by atoms with Crippen LogP contribution in [0.4, 0.5) is 11.4 Å². The molecule has 25 heavy (non-hydrogen) atoms. The molecule has 0 spiro atoms. The van der Waals surface area contributed by atoms with E-state index in [4.69, 9.17) is 27.9 Å². The van der Waals surface area contributed by atoms with Gasteiger partial charge >= 0.3 is 0 Å². The van der Waals surface area contributed by atoms with Crippen molar-refractivity contribution in [2.45, 2.75) is 19.4 Å². The summed E-state index contributed by atoms with van der Waals surface area (Å²) in [7, 11) is 0. The third kappa shape index (κ3) is 3.57. The van der Waals surface area contributed by atoms with Crippen LogP contribution in [0.1, 0.15) is 13.3 Å². The fourth-order valence-electron chi connectivity index (χ4n) is 2.68. The van der Waals surface area contributed by atoms with E-state index in [1.54, 1.807) is 42.5 Å². The Morgan fingerprint density at radius 2 is 1.88 bits per heavy atom. The Hall–Kier alpha value is -2.24. The number of anilines is 2. The van der Waals surface area contributed by atoms with Crippen molar-refractivity contribution in [3.8, 4) is 5.75 Å². The monoisotopic (exact) mass is 378 g/mol. The largest absolute Gasteiger partial charge is 0.494 e. The van der Waals surface area contributed by atoms with Crippen molar-refractivity contribution in [3.63, 3.8) is 0 Å². The van der Waals surface area contributed by atoms with Crippen LogP contribution in [0.15, 0.2) is 42.5 Å². The van der Waals surface area contributed by atoms with Gasteiger partial charge in [-0.05, 0) is 43.3 Å². The van der Waals surface area contributed by atoms with Crippen LogP contribution < -0.4 is 15.0 Å². The lowest BCUT2D eigenvalue weighted by Crippen LogP contribution is -2.35. The summed E-state index contributed by atoms with van der Waals surface area (Å²) in [5.74, 6) is 0.0647. The van der Waals surface area contributed by atoms with Crippen molar-refractivity contribution in [3.05, 3.63) is 52.5 Å². The maximum Gasteiger partial charge on any atom is 0.256 e. The van der Waals surface area contributed by atoms with Gasteiger partial charge in [0.1, 0.15) is 11.8 Å². The van der Waals surface area contributed by atoms with E-state index < -0.39 is 6.04 Å². The zero-order valence-corrected chi connectivity index (χ0v) is 15.0. The molecule has 1 atom stereocenters. The minimum absolute atomic E-state index is 0.0505. The van der Waals surface area contributed by atoms with Gasteiger partial charge in [0.15, 0.2) is 0 Å². The van der Waals surface area contributed by atoms with Gasteiger partial charge in [0, 0.05) is 5.69 Å². The van der Waals surface area contributed by atoms with E-state index >= 15 is 0 Å². The molecule has 0 bridgehead atoms. The highest BCUT2D eigenvalue weighted by Crippen LogP contribution is 2.35. The molecule has 0 unspecified atom stereocenters. The highest BCUT2D eigenvalue weighted by Gasteiger charge is 2.40. The first-order valence-corrected chi connectivity index (χ1v) is 8.57. The number of carbonyl (C=O) groups is 2. The van der Waals surface area contributed by atoms with Crippen molar-refractivity contribution < 1.29 is 14.3 Å². The minimum atomic E-state index is -0.652. The number of ether oxygens (including phenoxy) is 1. The lowest BCUT2D eigenvalue weighted by molar-refractivity contribution is -0.121. The minimum Gasteiger partial charge on any atom is -0.494 e. The number of rotatable bonds is 5. The molecule has 0 aliphatic carbocycles. The number of imide groups is 1. The molecule has 2 aromatic rings. The molecule has 1 N–H and O–H groups in total. The Bertz CT molecular complexity index is 808. The number of carbonyl (C=O) groups excluding carboxylic acids is 2. The molecule has 0 aromatic heterocycles. The highest BCUT2D eigenvalue weighted by molar-refractivity contribution is 6.45. The average molecular weight is 379 g/mol. The van der Waals surface area contributed by atoms with Crippen molar-refractivity contribution in [1.29, 1.82) is 0 Å². The van der Waals surface area contributed by atoms with Crippen LogP contribution in [0.3, 0.4) is 0 Å². The zero-order chi connectivity index (χ0) is 18.0. The van der Waals surface area contributed by atoms with Crippen LogP contribution in [0.25, 0.3) is 0 Å². The van der Waals surface area contributed by atoms with Crippen LogP contribution in [-0.4, -0.2) is 24.5 Å². The molecule has 5 nitrogen and oxygen atoms in total. The van der Waals surface area contributed by atoms with Gasteiger partial charge in [0.25, 0.3) is 5.91 Å². The number of halogens is 2. The van der Waals surface area contributed by atoms with Gasteiger partial charge < -0.3 is 10.1 Å². The Kier molecular flexibility index (Phi) is 5.16. The smallest absolute Gasteiger partial charge is 0.256 e. The van der Waals surface area contributed by atoms with Gasteiger partial charge in [0.2, 0.25) is 5.91 Å². The molecule has 3 rings (SSSR count). The topological polar surface area (TPSA) is 58.6 Å². The molecular formula is C18H16Cl2N2O3. The maximum atomic E-state index is 12.7. The number of hydrogen-bond donors (Lipinski definition) is 1. The molecule has 1 heterocycles. The molecule has 1 fully saturated rings. The number of nitrogens with one attached hydrogen (secondary N) is 1. The quantitative estimate of drug-likeness (QED) is 0.794. The molecule has 0 radical (unpaired) electrons. The number of hydrogen-bond acceptors (Lipinski definition) is 4. The predicted octanol–water partition coefficient (Wildman–Crippen LogP) is 4.14. The van der Waals surface area contributed by atoms with Gasteiger partial charge in [-0.2, -0.15) is 0 Å². The van der Waals surface area contributed by atoms with Crippen molar-refractivity contribution in [2.24, 2.45) is 0 Å². The Labute approximate surface area is 155 Å². The van der Waals surface area contributed by atoms with Crippen molar-refractivity contribution in [1.82, 2.24) is 0 Å². The predicted molar refractivity (Wildman–Crippen MR) is 98.6 cm³/mol. The summed E-state index contributed by atoms with van der Waals surface area (Å²) in [5, 5.41) is 3.56. The Morgan fingerprint density at radius 3 is 2.56 bits per heavy atom. The van der Waals surface area contributed by atoms with E-state index in [1.165, 1.54) is 0 Å². The van der Waals surface area contributed by atoms with Crippen LogP contribution in [-0.2, 0) is 9.59 Å². The van der Waals surface area contributed by atoms with E-state index in [0.29, 0.717) is 17.3 Å².